The maximum Gasteiger partial charge on any atom is 0.220 e. The van der Waals surface area contributed by atoms with Gasteiger partial charge in [-0.3, -0.25) is 4.79 Å². The molecular weight excluding hydrogens is 390 g/mol. The Morgan fingerprint density at radius 3 is 2.69 bits per heavy atom. The second kappa shape index (κ2) is 8.12. The Morgan fingerprint density at radius 1 is 1.10 bits per heavy atom. The van der Waals surface area contributed by atoms with Gasteiger partial charge in [0.15, 0.2) is 9.84 Å². The number of fused-ring (bicyclic) bond motifs is 1. The number of hydrogen-bond donors (Lipinski definition) is 1. The normalized spacial score (nSPS) is 17.4. The van der Waals surface area contributed by atoms with Crippen molar-refractivity contribution in [1.29, 1.82) is 0 Å². The summed E-state index contributed by atoms with van der Waals surface area (Å²) in [6.45, 7) is 0.475. The van der Waals surface area contributed by atoms with E-state index in [1.807, 2.05) is 30.3 Å². The van der Waals surface area contributed by atoms with Crippen molar-refractivity contribution in [3.8, 4) is 11.4 Å². The fourth-order valence-corrected chi connectivity index (χ4v) is 5.05. The van der Waals surface area contributed by atoms with Crippen LogP contribution in [0.4, 0.5) is 0 Å². The molecule has 0 aliphatic carbocycles. The predicted octanol–water partition coefficient (Wildman–Crippen LogP) is 2.16. The van der Waals surface area contributed by atoms with Crippen LogP contribution in [0.25, 0.3) is 11.4 Å². The first-order chi connectivity index (χ1) is 14.0. The minimum atomic E-state index is -3.26. The number of rotatable bonds is 6. The minimum absolute atomic E-state index is 0.0418. The van der Waals surface area contributed by atoms with Crippen molar-refractivity contribution in [2.75, 3.05) is 5.75 Å². The highest BCUT2D eigenvalue weighted by atomic mass is 32.2. The zero-order chi connectivity index (χ0) is 20.3. The fourth-order valence-electron chi connectivity index (χ4n) is 3.43. The van der Waals surface area contributed by atoms with Crippen molar-refractivity contribution in [1.82, 2.24) is 25.5 Å². The summed E-state index contributed by atoms with van der Waals surface area (Å²) in [5, 5.41) is 15.4. The summed E-state index contributed by atoms with van der Waals surface area (Å²) < 4.78 is 24.4. The highest BCUT2D eigenvalue weighted by Crippen LogP contribution is 2.31. The van der Waals surface area contributed by atoms with Crippen LogP contribution in [-0.2, 0) is 21.2 Å². The van der Waals surface area contributed by atoms with Crippen LogP contribution in [0.1, 0.15) is 30.9 Å². The maximum atomic E-state index is 12.4. The number of nitrogens with zero attached hydrogens (tertiary/aromatic N) is 4. The van der Waals surface area contributed by atoms with E-state index in [4.69, 9.17) is 0 Å². The van der Waals surface area contributed by atoms with Crippen molar-refractivity contribution in [3.63, 3.8) is 0 Å². The SMILES string of the molecule is O=C(CCCn1nnc(-c2ccccc2)n1)NC1CCS(=O)(=O)c2ccccc21. The van der Waals surface area contributed by atoms with Crippen molar-refractivity contribution in [2.45, 2.75) is 36.7 Å². The molecular formula is C20H21N5O3S. The molecule has 0 fully saturated rings. The zero-order valence-electron chi connectivity index (χ0n) is 15.7. The minimum Gasteiger partial charge on any atom is -0.349 e. The van der Waals surface area contributed by atoms with Crippen LogP contribution < -0.4 is 5.32 Å². The molecule has 150 valence electrons. The van der Waals surface area contributed by atoms with Crippen LogP contribution in [0.5, 0.6) is 0 Å². The van der Waals surface area contributed by atoms with E-state index in [9.17, 15) is 13.2 Å². The summed E-state index contributed by atoms with van der Waals surface area (Å²) in [6.07, 6.45) is 1.24. The van der Waals surface area contributed by atoms with Crippen molar-refractivity contribution in [3.05, 3.63) is 60.2 Å². The number of benzene rings is 2. The second-order valence-electron chi connectivity index (χ2n) is 6.94. The van der Waals surface area contributed by atoms with E-state index in [-0.39, 0.29) is 17.7 Å². The van der Waals surface area contributed by atoms with Crippen molar-refractivity contribution in [2.24, 2.45) is 0 Å². The predicted molar refractivity (Wildman–Crippen MR) is 106 cm³/mol. The first-order valence-electron chi connectivity index (χ1n) is 9.47. The quantitative estimate of drug-likeness (QED) is 0.666. The van der Waals surface area contributed by atoms with Gasteiger partial charge in [0.1, 0.15) is 0 Å². The number of hydrogen-bond acceptors (Lipinski definition) is 6. The van der Waals surface area contributed by atoms with E-state index in [2.05, 4.69) is 20.7 Å². The van der Waals surface area contributed by atoms with Crippen LogP contribution in [-0.4, -0.2) is 40.3 Å². The van der Waals surface area contributed by atoms with E-state index in [0.29, 0.717) is 42.1 Å². The lowest BCUT2D eigenvalue weighted by atomic mass is 10.0. The second-order valence-corrected chi connectivity index (χ2v) is 9.02. The first kappa shape index (κ1) is 19.3. The lowest BCUT2D eigenvalue weighted by molar-refractivity contribution is -0.122. The number of sulfone groups is 1. The zero-order valence-corrected chi connectivity index (χ0v) is 16.5. The summed E-state index contributed by atoms with van der Waals surface area (Å²) in [5.41, 5.74) is 1.56. The van der Waals surface area contributed by atoms with E-state index >= 15 is 0 Å². The van der Waals surface area contributed by atoms with Gasteiger partial charge in [-0.1, -0.05) is 48.5 Å². The highest BCUT2D eigenvalue weighted by Gasteiger charge is 2.30. The molecule has 0 radical (unpaired) electrons. The van der Waals surface area contributed by atoms with Gasteiger partial charge in [-0.25, -0.2) is 8.42 Å². The summed E-state index contributed by atoms with van der Waals surface area (Å²) >= 11 is 0. The van der Waals surface area contributed by atoms with E-state index in [0.717, 1.165) is 5.56 Å². The number of amides is 1. The van der Waals surface area contributed by atoms with Crippen LogP contribution in [0, 0.1) is 0 Å². The molecule has 1 N–H and O–H groups in total. The molecule has 3 aromatic rings. The fraction of sp³-hybridized carbons (Fsp3) is 0.300. The van der Waals surface area contributed by atoms with Gasteiger partial charge >= 0.3 is 0 Å². The van der Waals surface area contributed by atoms with Crippen LogP contribution in [0.15, 0.2) is 59.5 Å². The van der Waals surface area contributed by atoms with Gasteiger partial charge in [0.25, 0.3) is 0 Å². The Balaban J connectivity index is 1.32. The standard InChI is InChI=1S/C20H21N5O3S/c26-19(21-17-12-14-29(27,28)18-10-5-4-9-16(17)18)11-6-13-25-23-20(22-24-25)15-7-2-1-3-8-15/h1-5,7-10,17H,6,11-14H2,(H,21,26). The number of aromatic nitrogens is 4. The third-order valence-corrected chi connectivity index (χ3v) is 6.70. The number of aryl methyl sites for hydroxylation is 1. The highest BCUT2D eigenvalue weighted by molar-refractivity contribution is 7.91. The molecule has 8 nitrogen and oxygen atoms in total. The summed E-state index contributed by atoms with van der Waals surface area (Å²) in [6, 6.07) is 16.2. The van der Waals surface area contributed by atoms with Gasteiger partial charge in [-0.2, -0.15) is 4.80 Å². The molecule has 1 unspecified atom stereocenters. The van der Waals surface area contributed by atoms with Gasteiger partial charge in [-0.05, 0) is 29.7 Å². The average molecular weight is 411 g/mol. The molecule has 1 amide bonds. The molecule has 0 saturated heterocycles. The maximum absolute atomic E-state index is 12.4. The average Bonchev–Trinajstić information content (AvgIpc) is 3.20. The number of nitrogens with one attached hydrogen (secondary N) is 1. The van der Waals surface area contributed by atoms with Crippen molar-refractivity contribution >= 4 is 15.7 Å². The molecule has 4 rings (SSSR count). The third kappa shape index (κ3) is 4.34. The summed E-state index contributed by atoms with van der Waals surface area (Å²) in [7, 11) is -3.26. The molecule has 1 aliphatic rings. The Morgan fingerprint density at radius 2 is 1.86 bits per heavy atom. The molecule has 1 atom stereocenters. The van der Waals surface area contributed by atoms with Crippen LogP contribution in [0.3, 0.4) is 0 Å². The van der Waals surface area contributed by atoms with Crippen LogP contribution >= 0.6 is 0 Å². The Labute approximate surface area is 168 Å². The Bertz CT molecular complexity index is 1110. The molecule has 9 heteroatoms. The van der Waals surface area contributed by atoms with E-state index < -0.39 is 9.84 Å². The smallest absolute Gasteiger partial charge is 0.220 e. The number of tetrazole rings is 1. The molecule has 1 aromatic heterocycles. The molecule has 1 aliphatic heterocycles. The molecule has 0 bridgehead atoms. The van der Waals surface area contributed by atoms with Gasteiger partial charge in [0.05, 0.1) is 23.2 Å². The van der Waals surface area contributed by atoms with E-state index in [1.54, 1.807) is 24.3 Å². The summed E-state index contributed by atoms with van der Waals surface area (Å²) in [5.74, 6) is 0.475. The topological polar surface area (TPSA) is 107 Å². The molecule has 2 aromatic carbocycles. The van der Waals surface area contributed by atoms with E-state index in [1.165, 1.54) is 4.80 Å². The molecule has 29 heavy (non-hydrogen) atoms. The number of carbonyl (C=O) groups is 1. The number of carbonyl (C=O) groups excluding carboxylic acids is 1. The lowest BCUT2D eigenvalue weighted by Gasteiger charge is -2.26. The first-order valence-corrected chi connectivity index (χ1v) is 11.1. The molecule has 0 spiro atoms. The molecule has 0 saturated carbocycles. The summed E-state index contributed by atoms with van der Waals surface area (Å²) in [4.78, 5) is 14.2. The van der Waals surface area contributed by atoms with Crippen LogP contribution in [0.2, 0.25) is 0 Å². The van der Waals surface area contributed by atoms with Gasteiger partial charge < -0.3 is 5.32 Å². The van der Waals surface area contributed by atoms with Crippen molar-refractivity contribution < 1.29 is 13.2 Å². The third-order valence-electron chi connectivity index (χ3n) is 4.89. The largest absolute Gasteiger partial charge is 0.349 e. The van der Waals surface area contributed by atoms with Gasteiger partial charge in [0.2, 0.25) is 11.7 Å². The Hall–Kier alpha value is -3.07. The van der Waals surface area contributed by atoms with Gasteiger partial charge in [-0.15, -0.1) is 10.2 Å². The molecule has 2 heterocycles. The monoisotopic (exact) mass is 411 g/mol. The lowest BCUT2D eigenvalue weighted by Crippen LogP contribution is -2.33. The Kier molecular flexibility index (Phi) is 5.39. The van der Waals surface area contributed by atoms with Gasteiger partial charge in [0, 0.05) is 12.0 Å².